The Labute approximate surface area is 143 Å². The molecule has 1 atom stereocenters. The van der Waals surface area contributed by atoms with Crippen molar-refractivity contribution in [2.45, 2.75) is 45.3 Å². The highest BCUT2D eigenvalue weighted by Crippen LogP contribution is 2.24. The second-order valence-electron chi connectivity index (χ2n) is 6.36. The second kappa shape index (κ2) is 7.55. The lowest BCUT2D eigenvalue weighted by Gasteiger charge is -2.35. The molecule has 24 heavy (non-hydrogen) atoms. The fraction of sp³-hybridized carbons (Fsp3) is 0.556. The molecule has 1 aromatic carbocycles. The Balaban J connectivity index is 2.16. The fourth-order valence-electron chi connectivity index (χ4n) is 2.85. The fourth-order valence-corrected chi connectivity index (χ4v) is 2.85. The maximum absolute atomic E-state index is 13.0. The molecule has 0 spiro atoms. The van der Waals surface area contributed by atoms with Gasteiger partial charge in [0.05, 0.1) is 7.11 Å². The van der Waals surface area contributed by atoms with Crippen LogP contribution in [0, 0.1) is 0 Å². The number of amides is 2. The molecule has 1 saturated heterocycles. The van der Waals surface area contributed by atoms with E-state index < -0.39 is 11.6 Å². The number of nitrogens with zero attached hydrogens (tertiary/aromatic N) is 1. The van der Waals surface area contributed by atoms with Gasteiger partial charge in [0.25, 0.3) is 5.91 Å². The molecule has 1 aromatic rings. The van der Waals surface area contributed by atoms with Crippen molar-refractivity contribution in [2.24, 2.45) is 0 Å². The molecule has 0 saturated carbocycles. The highest BCUT2D eigenvalue weighted by molar-refractivity contribution is 5.91. The predicted octanol–water partition coefficient (Wildman–Crippen LogP) is 1.98. The Kier molecular flexibility index (Phi) is 5.70. The van der Waals surface area contributed by atoms with E-state index in [9.17, 15) is 9.59 Å². The number of nitrogens with one attached hydrogen (secondary N) is 1. The van der Waals surface area contributed by atoms with Crippen LogP contribution < -0.4 is 14.8 Å². The SMILES string of the molecule is CC[C@H]1C(=O)NCCCN1C(=O)C(C)(C)Oc1ccc(OC)cc1. The van der Waals surface area contributed by atoms with Crippen LogP contribution in [0.5, 0.6) is 11.5 Å². The van der Waals surface area contributed by atoms with Gasteiger partial charge in [-0.3, -0.25) is 9.59 Å². The minimum Gasteiger partial charge on any atom is -0.497 e. The molecular weight excluding hydrogens is 308 g/mol. The van der Waals surface area contributed by atoms with Gasteiger partial charge in [-0.05, 0) is 51.0 Å². The van der Waals surface area contributed by atoms with Crippen molar-refractivity contribution in [1.82, 2.24) is 10.2 Å². The summed E-state index contributed by atoms with van der Waals surface area (Å²) in [7, 11) is 1.60. The largest absolute Gasteiger partial charge is 0.497 e. The number of benzene rings is 1. The van der Waals surface area contributed by atoms with E-state index in [1.807, 2.05) is 6.92 Å². The molecule has 0 aliphatic carbocycles. The number of methoxy groups -OCH3 is 1. The zero-order valence-electron chi connectivity index (χ0n) is 14.8. The number of hydrogen-bond acceptors (Lipinski definition) is 4. The van der Waals surface area contributed by atoms with E-state index in [1.165, 1.54) is 0 Å². The Hall–Kier alpha value is -2.24. The topological polar surface area (TPSA) is 67.9 Å². The van der Waals surface area contributed by atoms with Crippen LogP contribution in [0.15, 0.2) is 24.3 Å². The standard InChI is InChI=1S/C18H26N2O4/c1-5-15-16(21)19-11-6-12-20(15)17(22)18(2,3)24-14-9-7-13(23-4)8-10-14/h7-10,15H,5-6,11-12H2,1-4H3,(H,19,21)/t15-/m0/s1. The number of carbonyl (C=O) groups excluding carboxylic acids is 2. The molecule has 0 bridgehead atoms. The summed E-state index contributed by atoms with van der Waals surface area (Å²) >= 11 is 0. The first-order chi connectivity index (χ1) is 11.4. The monoisotopic (exact) mass is 334 g/mol. The van der Waals surface area contributed by atoms with E-state index in [-0.39, 0.29) is 11.8 Å². The number of hydrogen-bond donors (Lipinski definition) is 1. The van der Waals surface area contributed by atoms with Crippen molar-refractivity contribution in [1.29, 1.82) is 0 Å². The van der Waals surface area contributed by atoms with E-state index >= 15 is 0 Å². The maximum atomic E-state index is 13.0. The van der Waals surface area contributed by atoms with Gasteiger partial charge in [0.1, 0.15) is 17.5 Å². The molecule has 6 nitrogen and oxygen atoms in total. The molecule has 0 radical (unpaired) electrons. The minimum absolute atomic E-state index is 0.0939. The molecule has 1 fully saturated rings. The predicted molar refractivity (Wildman–Crippen MR) is 91.1 cm³/mol. The summed E-state index contributed by atoms with van der Waals surface area (Å²) in [5.41, 5.74) is -1.06. The molecule has 2 rings (SSSR count). The molecule has 6 heteroatoms. The lowest BCUT2D eigenvalue weighted by Crippen LogP contribution is -2.55. The minimum atomic E-state index is -1.06. The molecule has 2 amide bonds. The van der Waals surface area contributed by atoms with Crippen molar-refractivity contribution in [3.05, 3.63) is 24.3 Å². The van der Waals surface area contributed by atoms with Crippen molar-refractivity contribution >= 4 is 11.8 Å². The van der Waals surface area contributed by atoms with Gasteiger partial charge in [0.15, 0.2) is 5.60 Å². The average molecular weight is 334 g/mol. The van der Waals surface area contributed by atoms with E-state index in [4.69, 9.17) is 9.47 Å². The molecule has 0 aromatic heterocycles. The Bertz CT molecular complexity index is 583. The molecule has 0 unspecified atom stereocenters. The quantitative estimate of drug-likeness (QED) is 0.894. The highest BCUT2D eigenvalue weighted by atomic mass is 16.5. The summed E-state index contributed by atoms with van der Waals surface area (Å²) < 4.78 is 11.0. The average Bonchev–Trinajstić information content (AvgIpc) is 2.75. The Morgan fingerprint density at radius 3 is 2.50 bits per heavy atom. The first-order valence-electron chi connectivity index (χ1n) is 8.31. The van der Waals surface area contributed by atoms with E-state index in [1.54, 1.807) is 50.1 Å². The third-order valence-electron chi connectivity index (χ3n) is 4.15. The maximum Gasteiger partial charge on any atom is 0.266 e. The molecule has 1 aliphatic heterocycles. The third-order valence-corrected chi connectivity index (χ3v) is 4.15. The van der Waals surface area contributed by atoms with Gasteiger partial charge >= 0.3 is 0 Å². The van der Waals surface area contributed by atoms with Gasteiger partial charge in [0.2, 0.25) is 5.91 Å². The van der Waals surface area contributed by atoms with E-state index in [0.717, 1.165) is 12.2 Å². The van der Waals surface area contributed by atoms with Gasteiger partial charge in [-0.2, -0.15) is 0 Å². The molecular formula is C18H26N2O4. The van der Waals surface area contributed by atoms with E-state index in [2.05, 4.69) is 5.32 Å². The van der Waals surface area contributed by atoms with Gasteiger partial charge < -0.3 is 19.7 Å². The van der Waals surface area contributed by atoms with Crippen LogP contribution >= 0.6 is 0 Å². The summed E-state index contributed by atoms with van der Waals surface area (Å²) in [4.78, 5) is 26.8. The summed E-state index contributed by atoms with van der Waals surface area (Å²) in [6.07, 6.45) is 1.32. The third kappa shape index (κ3) is 3.99. The van der Waals surface area contributed by atoms with Crippen LogP contribution in [0.2, 0.25) is 0 Å². The van der Waals surface area contributed by atoms with Crippen LogP contribution in [0.4, 0.5) is 0 Å². The smallest absolute Gasteiger partial charge is 0.266 e. The van der Waals surface area contributed by atoms with Crippen LogP contribution in [-0.4, -0.2) is 48.6 Å². The Morgan fingerprint density at radius 1 is 1.29 bits per heavy atom. The lowest BCUT2D eigenvalue weighted by molar-refractivity contribution is -0.151. The van der Waals surface area contributed by atoms with Gasteiger partial charge in [-0.1, -0.05) is 6.92 Å². The highest BCUT2D eigenvalue weighted by Gasteiger charge is 2.39. The molecule has 1 N–H and O–H groups in total. The van der Waals surface area contributed by atoms with E-state index in [0.29, 0.717) is 25.3 Å². The van der Waals surface area contributed by atoms with Crippen LogP contribution in [0.25, 0.3) is 0 Å². The normalized spacial score (nSPS) is 18.6. The Morgan fingerprint density at radius 2 is 1.92 bits per heavy atom. The number of carbonyl (C=O) groups is 2. The van der Waals surface area contributed by atoms with Crippen LogP contribution in [0.1, 0.15) is 33.6 Å². The van der Waals surface area contributed by atoms with Gasteiger partial charge in [-0.15, -0.1) is 0 Å². The molecule has 1 aliphatic rings. The summed E-state index contributed by atoms with van der Waals surface area (Å²) in [5, 5.41) is 2.86. The second-order valence-corrected chi connectivity index (χ2v) is 6.36. The zero-order valence-corrected chi connectivity index (χ0v) is 14.8. The van der Waals surface area contributed by atoms with Gasteiger partial charge in [-0.25, -0.2) is 0 Å². The first kappa shape index (κ1) is 18.1. The van der Waals surface area contributed by atoms with Crippen molar-refractivity contribution in [3.8, 4) is 11.5 Å². The lowest BCUT2D eigenvalue weighted by atomic mass is 10.0. The molecule has 132 valence electrons. The van der Waals surface area contributed by atoms with Crippen LogP contribution in [-0.2, 0) is 9.59 Å². The zero-order chi connectivity index (χ0) is 17.7. The summed E-state index contributed by atoms with van der Waals surface area (Å²) in [6.45, 7) is 6.52. The summed E-state index contributed by atoms with van der Waals surface area (Å²) in [5.74, 6) is 1.04. The van der Waals surface area contributed by atoms with Crippen molar-refractivity contribution in [2.75, 3.05) is 20.2 Å². The van der Waals surface area contributed by atoms with Crippen molar-refractivity contribution < 1.29 is 19.1 Å². The first-order valence-corrected chi connectivity index (χ1v) is 8.31. The van der Waals surface area contributed by atoms with Crippen LogP contribution in [0.3, 0.4) is 0 Å². The molecule has 1 heterocycles. The summed E-state index contributed by atoms with van der Waals surface area (Å²) in [6, 6.07) is 6.65. The number of ether oxygens (including phenoxy) is 2. The van der Waals surface area contributed by atoms with Gasteiger partial charge in [0, 0.05) is 13.1 Å². The number of rotatable bonds is 5. The van der Waals surface area contributed by atoms with Crippen molar-refractivity contribution in [3.63, 3.8) is 0 Å².